The fourth-order valence-corrected chi connectivity index (χ4v) is 3.90. The van der Waals surface area contributed by atoms with Crippen molar-refractivity contribution in [3.63, 3.8) is 0 Å². The van der Waals surface area contributed by atoms with E-state index in [4.69, 9.17) is 9.40 Å². The van der Waals surface area contributed by atoms with Gasteiger partial charge in [-0.3, -0.25) is 0 Å². The summed E-state index contributed by atoms with van der Waals surface area (Å²) in [4.78, 5) is 13.7. The second-order valence-corrected chi connectivity index (χ2v) is 7.58. The zero-order chi connectivity index (χ0) is 18.3. The number of pyridine rings is 1. The Kier molecular flexibility index (Phi) is 4.53. The normalized spacial score (nSPS) is 15.1. The molecule has 6 nitrogen and oxygen atoms in total. The quantitative estimate of drug-likeness (QED) is 0.703. The highest BCUT2D eigenvalue weighted by Gasteiger charge is 2.26. The molecule has 0 unspecified atom stereocenters. The molecule has 0 saturated heterocycles. The molecule has 0 amide bonds. The maximum Gasteiger partial charge on any atom is 0.229 e. The van der Waals surface area contributed by atoms with Crippen LogP contribution in [0.25, 0.3) is 22.2 Å². The molecule has 0 spiro atoms. The van der Waals surface area contributed by atoms with Crippen LogP contribution < -0.4 is 5.32 Å². The van der Waals surface area contributed by atoms with Gasteiger partial charge in [-0.05, 0) is 49.1 Å². The zero-order valence-corrected chi connectivity index (χ0v) is 15.7. The Morgan fingerprint density at radius 3 is 2.77 bits per heavy atom. The summed E-state index contributed by atoms with van der Waals surface area (Å²) in [6.45, 7) is 6.52. The highest BCUT2D eigenvalue weighted by molar-refractivity contribution is 6.06. The molecule has 138 valence electrons. The van der Waals surface area contributed by atoms with Gasteiger partial charge >= 0.3 is 0 Å². The summed E-state index contributed by atoms with van der Waals surface area (Å²) in [5.41, 5.74) is 6.04. The number of anilines is 1. The first-order valence-electron chi connectivity index (χ1n) is 9.57. The lowest BCUT2D eigenvalue weighted by atomic mass is 9.99. The number of furan rings is 1. The molecule has 0 radical (unpaired) electrons. The van der Waals surface area contributed by atoms with E-state index in [1.807, 2.05) is 6.92 Å². The molecule has 1 atom stereocenters. The average molecular weight is 354 g/mol. The van der Waals surface area contributed by atoms with Gasteiger partial charge in [0.25, 0.3) is 0 Å². The van der Waals surface area contributed by atoms with E-state index in [1.165, 1.54) is 16.8 Å². The van der Waals surface area contributed by atoms with E-state index >= 15 is 0 Å². The molecule has 0 saturated carbocycles. The number of aryl methyl sites for hydroxylation is 1. The highest BCUT2D eigenvalue weighted by atomic mass is 16.3. The highest BCUT2D eigenvalue weighted by Crippen LogP contribution is 2.38. The Labute approximate surface area is 153 Å². The van der Waals surface area contributed by atoms with Gasteiger partial charge in [-0.1, -0.05) is 20.8 Å². The summed E-state index contributed by atoms with van der Waals surface area (Å²) >= 11 is 0. The van der Waals surface area contributed by atoms with Crippen molar-refractivity contribution < 1.29 is 9.52 Å². The summed E-state index contributed by atoms with van der Waals surface area (Å²) < 4.78 is 6.14. The van der Waals surface area contributed by atoms with Crippen LogP contribution in [0.3, 0.4) is 0 Å². The van der Waals surface area contributed by atoms with Crippen LogP contribution in [0.1, 0.15) is 50.4 Å². The Morgan fingerprint density at radius 2 is 2.04 bits per heavy atom. The van der Waals surface area contributed by atoms with Crippen LogP contribution in [0, 0.1) is 5.92 Å². The van der Waals surface area contributed by atoms with Gasteiger partial charge in [0, 0.05) is 5.69 Å². The number of hydrogen-bond acceptors (Lipinski definition) is 6. The first-order valence-corrected chi connectivity index (χ1v) is 9.57. The van der Waals surface area contributed by atoms with Crippen molar-refractivity contribution in [1.29, 1.82) is 0 Å². The number of nitrogens with zero attached hydrogens (tertiary/aromatic N) is 3. The number of rotatable bonds is 6. The summed E-state index contributed by atoms with van der Waals surface area (Å²) in [5.74, 6) is 1.19. The molecule has 0 fully saturated rings. The third-order valence-corrected chi connectivity index (χ3v) is 5.21. The Morgan fingerprint density at radius 1 is 1.23 bits per heavy atom. The second-order valence-electron chi connectivity index (χ2n) is 7.58. The van der Waals surface area contributed by atoms with Crippen LogP contribution in [-0.4, -0.2) is 32.7 Å². The standard InChI is InChI=1S/C20H26N4O2/c1-4-12(9-25)23-19-18-17(21-10-22-19)16-14-7-5-6-13(14)15(8-11(2)3)24-20(16)26-18/h10-12,25H,4-9H2,1-3H3,(H,21,22,23)/t12-/m0/s1. The Balaban J connectivity index is 1.91. The van der Waals surface area contributed by atoms with Gasteiger partial charge in [0.1, 0.15) is 11.8 Å². The molecule has 3 heterocycles. The van der Waals surface area contributed by atoms with E-state index in [0.29, 0.717) is 23.0 Å². The topological polar surface area (TPSA) is 84.1 Å². The minimum absolute atomic E-state index is 0.0500. The van der Waals surface area contributed by atoms with Gasteiger partial charge in [-0.15, -0.1) is 0 Å². The van der Waals surface area contributed by atoms with Crippen molar-refractivity contribution in [1.82, 2.24) is 15.0 Å². The monoisotopic (exact) mass is 354 g/mol. The lowest BCUT2D eigenvalue weighted by molar-refractivity contribution is 0.271. The SMILES string of the molecule is CC[C@@H](CO)Nc1ncnc2c1oc1nc(CC(C)C)c3c(c12)CCC3. The van der Waals surface area contributed by atoms with E-state index in [0.717, 1.165) is 43.0 Å². The molecule has 3 aromatic heterocycles. The van der Waals surface area contributed by atoms with Crippen LogP contribution in [0.5, 0.6) is 0 Å². The first-order chi connectivity index (χ1) is 12.6. The Bertz CT molecular complexity index is 944. The number of aliphatic hydroxyl groups excluding tert-OH is 1. The minimum Gasteiger partial charge on any atom is -0.432 e. The molecular weight excluding hydrogens is 328 g/mol. The lowest BCUT2D eigenvalue weighted by Crippen LogP contribution is -2.23. The maximum absolute atomic E-state index is 9.50. The molecule has 1 aliphatic rings. The second kappa shape index (κ2) is 6.83. The van der Waals surface area contributed by atoms with Crippen LogP contribution in [0.2, 0.25) is 0 Å². The number of aromatic nitrogens is 3. The van der Waals surface area contributed by atoms with Crippen molar-refractivity contribution in [2.75, 3.05) is 11.9 Å². The van der Waals surface area contributed by atoms with Crippen molar-refractivity contribution >= 4 is 28.0 Å². The fourth-order valence-electron chi connectivity index (χ4n) is 3.90. The fraction of sp³-hybridized carbons (Fsp3) is 0.550. The summed E-state index contributed by atoms with van der Waals surface area (Å²) in [7, 11) is 0. The predicted molar refractivity (Wildman–Crippen MR) is 102 cm³/mol. The largest absolute Gasteiger partial charge is 0.432 e. The van der Waals surface area contributed by atoms with Crippen LogP contribution in [0.4, 0.5) is 5.82 Å². The maximum atomic E-state index is 9.50. The molecule has 0 bridgehead atoms. The lowest BCUT2D eigenvalue weighted by Gasteiger charge is -2.14. The smallest absolute Gasteiger partial charge is 0.229 e. The molecule has 26 heavy (non-hydrogen) atoms. The first kappa shape index (κ1) is 17.2. The van der Waals surface area contributed by atoms with Crippen molar-refractivity contribution in [2.24, 2.45) is 5.92 Å². The summed E-state index contributed by atoms with van der Waals surface area (Å²) in [5, 5.41) is 13.8. The molecule has 1 aliphatic carbocycles. The van der Waals surface area contributed by atoms with Crippen molar-refractivity contribution in [2.45, 2.75) is 58.9 Å². The predicted octanol–water partition coefficient (Wildman–Crippen LogP) is 3.64. The molecule has 0 aromatic carbocycles. The summed E-state index contributed by atoms with van der Waals surface area (Å²) in [6, 6.07) is -0.0588. The number of aliphatic hydroxyl groups is 1. The van der Waals surface area contributed by atoms with Crippen LogP contribution in [0.15, 0.2) is 10.7 Å². The van der Waals surface area contributed by atoms with E-state index in [9.17, 15) is 5.11 Å². The third kappa shape index (κ3) is 2.82. The molecular formula is C20H26N4O2. The molecule has 0 aliphatic heterocycles. The Hall–Kier alpha value is -2.21. The third-order valence-electron chi connectivity index (χ3n) is 5.21. The van der Waals surface area contributed by atoms with Crippen LogP contribution in [-0.2, 0) is 19.3 Å². The summed E-state index contributed by atoms with van der Waals surface area (Å²) in [6.07, 6.45) is 6.63. The van der Waals surface area contributed by atoms with E-state index in [-0.39, 0.29) is 12.6 Å². The van der Waals surface area contributed by atoms with Gasteiger partial charge in [0.2, 0.25) is 5.71 Å². The number of hydrogen-bond donors (Lipinski definition) is 2. The zero-order valence-electron chi connectivity index (χ0n) is 15.7. The van der Waals surface area contributed by atoms with E-state index in [2.05, 4.69) is 29.1 Å². The molecule has 6 heteroatoms. The van der Waals surface area contributed by atoms with Crippen LogP contribution >= 0.6 is 0 Å². The average Bonchev–Trinajstić information content (AvgIpc) is 3.23. The van der Waals surface area contributed by atoms with Gasteiger partial charge in [-0.25, -0.2) is 15.0 Å². The minimum atomic E-state index is -0.0588. The van der Waals surface area contributed by atoms with Gasteiger partial charge < -0.3 is 14.8 Å². The van der Waals surface area contributed by atoms with Gasteiger partial charge in [-0.2, -0.15) is 0 Å². The van der Waals surface area contributed by atoms with Crippen molar-refractivity contribution in [3.8, 4) is 0 Å². The number of fused-ring (bicyclic) bond motifs is 5. The van der Waals surface area contributed by atoms with E-state index < -0.39 is 0 Å². The number of nitrogens with one attached hydrogen (secondary N) is 1. The van der Waals surface area contributed by atoms with E-state index in [1.54, 1.807) is 6.33 Å². The van der Waals surface area contributed by atoms with Gasteiger partial charge in [0.05, 0.1) is 18.0 Å². The molecule has 3 aromatic rings. The van der Waals surface area contributed by atoms with Gasteiger partial charge in [0.15, 0.2) is 11.4 Å². The van der Waals surface area contributed by atoms with Crippen molar-refractivity contribution in [3.05, 3.63) is 23.1 Å². The molecule has 4 rings (SSSR count). The molecule has 2 N–H and O–H groups in total.